The lowest BCUT2D eigenvalue weighted by Crippen LogP contribution is -2.31. The molecule has 0 saturated heterocycles. The smallest absolute Gasteiger partial charge is 0.318 e. The highest BCUT2D eigenvalue weighted by Gasteiger charge is 2.36. The molecule has 0 spiro atoms. The fourth-order valence-electron chi connectivity index (χ4n) is 7.21. The van der Waals surface area contributed by atoms with E-state index in [-0.39, 0.29) is 58.9 Å². The number of rotatable bonds is 47. The van der Waals surface area contributed by atoms with Gasteiger partial charge in [0.15, 0.2) is 0 Å². The van der Waals surface area contributed by atoms with Crippen molar-refractivity contribution in [2.75, 3.05) is 39.6 Å². The third-order valence-corrected chi connectivity index (χ3v) is 11.0. The van der Waals surface area contributed by atoms with Crippen LogP contribution in [0.5, 0.6) is 0 Å². The molecule has 10 heteroatoms. The van der Waals surface area contributed by atoms with E-state index >= 15 is 0 Å². The zero-order valence-electron chi connectivity index (χ0n) is 38.5. The second kappa shape index (κ2) is 44.3. The molecule has 10 nitrogen and oxygen atoms in total. The second-order valence-corrected chi connectivity index (χ2v) is 16.7. The van der Waals surface area contributed by atoms with Crippen molar-refractivity contribution >= 4 is 23.9 Å². The lowest BCUT2D eigenvalue weighted by atomic mass is 9.82. The lowest BCUT2D eigenvalue weighted by molar-refractivity contribution is -0.154. The summed E-state index contributed by atoms with van der Waals surface area (Å²) in [4.78, 5) is 47.6. The van der Waals surface area contributed by atoms with E-state index in [2.05, 4.69) is 13.8 Å². The minimum absolute atomic E-state index is 0.0127. The lowest BCUT2D eigenvalue weighted by Gasteiger charge is -2.21. The number of carboxylic acids is 2. The number of carboxylic acid groups (broad SMARTS) is 2. The van der Waals surface area contributed by atoms with E-state index in [4.69, 9.17) is 24.1 Å². The maximum absolute atomic E-state index is 12.9. The Balaban J connectivity index is 4.65. The number of hydrogen-bond donors (Lipinski definition) is 2. The quantitative estimate of drug-likeness (QED) is 0.0345. The van der Waals surface area contributed by atoms with E-state index in [9.17, 15) is 24.3 Å². The summed E-state index contributed by atoms with van der Waals surface area (Å²) < 4.78 is 21.1. The Bertz CT molecular complexity index is 1030. The van der Waals surface area contributed by atoms with E-state index < -0.39 is 29.3 Å². The van der Waals surface area contributed by atoms with Gasteiger partial charge in [0.1, 0.15) is 18.6 Å². The van der Waals surface area contributed by atoms with Crippen molar-refractivity contribution in [1.29, 1.82) is 0 Å². The molecular weight excluding hydrogens is 761 g/mol. The first-order chi connectivity index (χ1) is 29.3. The number of unbranched alkanes of at least 4 members (excludes halogenated alkanes) is 28. The summed E-state index contributed by atoms with van der Waals surface area (Å²) in [5, 5.41) is 19.0. The van der Waals surface area contributed by atoms with Crippen LogP contribution < -0.4 is 0 Å². The van der Waals surface area contributed by atoms with Gasteiger partial charge >= 0.3 is 23.9 Å². The van der Waals surface area contributed by atoms with Crippen LogP contribution in [0.2, 0.25) is 0 Å². The second-order valence-electron chi connectivity index (χ2n) is 16.7. The fourth-order valence-corrected chi connectivity index (χ4v) is 7.21. The molecular formula is C50H90O10. The molecule has 0 amide bonds. The number of hydrogen-bond acceptors (Lipinski definition) is 8. The summed E-state index contributed by atoms with van der Waals surface area (Å²) in [5.41, 5.74) is -1.46. The van der Waals surface area contributed by atoms with Crippen molar-refractivity contribution in [2.24, 2.45) is 5.41 Å². The van der Waals surface area contributed by atoms with Gasteiger partial charge in [0.05, 0.1) is 45.7 Å². The molecule has 0 atom stereocenters. The van der Waals surface area contributed by atoms with Crippen molar-refractivity contribution in [3.05, 3.63) is 24.3 Å². The SMILES string of the molecule is CCCCCCCCCCCCCCCCC=CC(C=CCCCCCCCCCCCCCCCC)(CC(=O)OCCOCCOCCOC(=O)CCC(=O)O)C(=O)O. The predicted octanol–water partition coefficient (Wildman–Crippen LogP) is 13.3. The number of esters is 2. The van der Waals surface area contributed by atoms with Gasteiger partial charge in [-0.1, -0.05) is 205 Å². The van der Waals surface area contributed by atoms with Crippen molar-refractivity contribution in [1.82, 2.24) is 0 Å². The summed E-state index contributed by atoms with van der Waals surface area (Å²) in [6.45, 7) is 5.27. The van der Waals surface area contributed by atoms with E-state index in [1.54, 1.807) is 12.2 Å². The van der Waals surface area contributed by atoms with Gasteiger partial charge in [0.2, 0.25) is 0 Å². The van der Waals surface area contributed by atoms with Crippen LogP contribution in [-0.4, -0.2) is 73.7 Å². The van der Waals surface area contributed by atoms with Crippen LogP contribution in [0, 0.1) is 5.41 Å². The zero-order valence-corrected chi connectivity index (χ0v) is 38.5. The standard InChI is InChI=1S/C50H90O10/c1-3-5-7-9-11-13-15-17-19-21-23-25-27-29-31-33-37-50(49(55)56,38-34-32-30-28-26-24-22-20-18-16-14-12-10-8-6-4-2)45-48(54)60-44-42-58-40-39-57-41-43-59-47(53)36-35-46(51)52/h33-34,37-38H,3-32,35-36,39-45H2,1-2H3,(H,51,52)(H,55,56). The molecule has 0 aromatic carbocycles. The summed E-state index contributed by atoms with van der Waals surface area (Å²) in [6.07, 6.45) is 44.1. The van der Waals surface area contributed by atoms with Crippen molar-refractivity contribution in [3.8, 4) is 0 Å². The minimum Gasteiger partial charge on any atom is -0.481 e. The van der Waals surface area contributed by atoms with Gasteiger partial charge in [-0.25, -0.2) is 0 Å². The first-order valence-corrected chi connectivity index (χ1v) is 24.5. The molecule has 0 aromatic heterocycles. The van der Waals surface area contributed by atoms with Gasteiger partial charge in [-0.05, 0) is 25.7 Å². The molecule has 0 unspecified atom stereocenters. The van der Waals surface area contributed by atoms with Crippen molar-refractivity contribution in [2.45, 2.75) is 226 Å². The topological polar surface area (TPSA) is 146 Å². The Hall–Kier alpha value is -2.72. The molecule has 0 aliphatic rings. The first kappa shape index (κ1) is 57.3. The van der Waals surface area contributed by atoms with Crippen molar-refractivity contribution < 1.29 is 48.3 Å². The highest BCUT2D eigenvalue weighted by Crippen LogP contribution is 2.29. The minimum atomic E-state index is -1.46. The van der Waals surface area contributed by atoms with Crippen LogP contribution in [0.25, 0.3) is 0 Å². The highest BCUT2D eigenvalue weighted by molar-refractivity contribution is 5.86. The molecule has 0 saturated carbocycles. The van der Waals surface area contributed by atoms with Crippen LogP contribution >= 0.6 is 0 Å². The molecule has 0 bridgehead atoms. The van der Waals surface area contributed by atoms with Gasteiger partial charge in [-0.2, -0.15) is 0 Å². The van der Waals surface area contributed by atoms with Gasteiger partial charge in [-0.15, -0.1) is 0 Å². The maximum atomic E-state index is 12.9. The fraction of sp³-hybridized carbons (Fsp3) is 0.840. The van der Waals surface area contributed by atoms with Crippen LogP contribution in [0.4, 0.5) is 0 Å². The van der Waals surface area contributed by atoms with E-state index in [1.807, 2.05) is 12.2 Å². The maximum Gasteiger partial charge on any atom is 0.318 e. The average molecular weight is 851 g/mol. The molecule has 2 N–H and O–H groups in total. The van der Waals surface area contributed by atoms with E-state index in [1.165, 1.54) is 154 Å². The van der Waals surface area contributed by atoms with Crippen molar-refractivity contribution in [3.63, 3.8) is 0 Å². The number of carbonyl (C=O) groups excluding carboxylic acids is 2. The van der Waals surface area contributed by atoms with Gasteiger partial charge in [0, 0.05) is 0 Å². The Labute approximate surface area is 366 Å². The summed E-state index contributed by atoms with van der Waals surface area (Å²) in [6, 6.07) is 0. The summed E-state index contributed by atoms with van der Waals surface area (Å²) >= 11 is 0. The van der Waals surface area contributed by atoms with E-state index in [0.29, 0.717) is 0 Å². The third kappa shape index (κ3) is 39.4. The zero-order chi connectivity index (χ0) is 44.0. The number of carbonyl (C=O) groups is 4. The summed E-state index contributed by atoms with van der Waals surface area (Å²) in [7, 11) is 0. The Morgan fingerprint density at radius 2 is 0.733 bits per heavy atom. The van der Waals surface area contributed by atoms with Crippen LogP contribution in [0.1, 0.15) is 226 Å². The Morgan fingerprint density at radius 1 is 0.417 bits per heavy atom. The van der Waals surface area contributed by atoms with E-state index in [0.717, 1.165) is 38.5 Å². The highest BCUT2D eigenvalue weighted by atomic mass is 16.6. The summed E-state index contributed by atoms with van der Waals surface area (Å²) in [5.74, 6) is -3.30. The molecule has 0 radical (unpaired) electrons. The molecule has 0 rings (SSSR count). The molecule has 0 aliphatic heterocycles. The normalized spacial score (nSPS) is 12.6. The largest absolute Gasteiger partial charge is 0.481 e. The first-order valence-electron chi connectivity index (χ1n) is 24.5. The molecule has 0 aromatic rings. The molecule has 60 heavy (non-hydrogen) atoms. The number of ether oxygens (including phenoxy) is 4. The van der Waals surface area contributed by atoms with Crippen LogP contribution in [0.15, 0.2) is 24.3 Å². The monoisotopic (exact) mass is 851 g/mol. The van der Waals surface area contributed by atoms with Gasteiger partial charge in [0.25, 0.3) is 0 Å². The van der Waals surface area contributed by atoms with Crippen LogP contribution in [0.3, 0.4) is 0 Å². The van der Waals surface area contributed by atoms with Gasteiger partial charge in [-0.3, -0.25) is 19.2 Å². The van der Waals surface area contributed by atoms with Crippen LogP contribution in [-0.2, 0) is 38.1 Å². The molecule has 0 fully saturated rings. The molecule has 0 aliphatic carbocycles. The molecule has 350 valence electrons. The average Bonchev–Trinajstić information content (AvgIpc) is 3.22. The number of allylic oxidation sites excluding steroid dienone is 2. The molecule has 0 heterocycles. The third-order valence-electron chi connectivity index (χ3n) is 11.0. The Kier molecular flexibility index (Phi) is 42.3. The van der Waals surface area contributed by atoms with Gasteiger partial charge < -0.3 is 29.2 Å². The number of aliphatic carboxylic acids is 2. The Morgan fingerprint density at radius 3 is 1.07 bits per heavy atom. The predicted molar refractivity (Wildman–Crippen MR) is 243 cm³/mol.